The number of hydrogen-bond acceptors (Lipinski definition) is 5. The average molecular weight is 231 g/mol. The molecule has 0 aromatic rings. The topological polar surface area (TPSA) is 64.6 Å². The Morgan fingerprint density at radius 1 is 1.31 bits per heavy atom. The molecule has 1 atom stereocenters. The van der Waals surface area contributed by atoms with Gasteiger partial charge >= 0.3 is 11.9 Å². The molecule has 0 bridgehead atoms. The average Bonchev–Trinajstić information content (AvgIpc) is 2.11. The van der Waals surface area contributed by atoms with Gasteiger partial charge in [-0.3, -0.25) is 9.59 Å². The molecular weight excluding hydrogens is 210 g/mol. The van der Waals surface area contributed by atoms with E-state index in [1.54, 1.807) is 34.7 Å². The largest absolute Gasteiger partial charge is 0.465 e. The van der Waals surface area contributed by atoms with Crippen molar-refractivity contribution in [2.75, 3.05) is 13.7 Å². The summed E-state index contributed by atoms with van der Waals surface area (Å²) >= 11 is 0. The van der Waals surface area contributed by atoms with Crippen molar-refractivity contribution in [1.82, 2.24) is 5.32 Å². The molecule has 0 saturated carbocycles. The quantitative estimate of drug-likeness (QED) is 0.711. The molecule has 5 heteroatoms. The van der Waals surface area contributed by atoms with Crippen molar-refractivity contribution in [2.45, 2.75) is 45.8 Å². The number of hydrogen-bond donors (Lipinski definition) is 1. The smallest absolute Gasteiger partial charge is 0.323 e. The SMILES string of the molecule is CCOC(=O)C(CC(=O)OC(C)(C)C)NC. The van der Waals surface area contributed by atoms with Crippen LogP contribution in [-0.4, -0.2) is 37.2 Å². The maximum atomic E-state index is 11.5. The van der Waals surface area contributed by atoms with Gasteiger partial charge in [-0.2, -0.15) is 0 Å². The van der Waals surface area contributed by atoms with Gasteiger partial charge in [0.1, 0.15) is 11.6 Å². The van der Waals surface area contributed by atoms with Crippen molar-refractivity contribution in [1.29, 1.82) is 0 Å². The normalized spacial score (nSPS) is 13.1. The zero-order valence-corrected chi connectivity index (χ0v) is 10.6. The zero-order chi connectivity index (χ0) is 12.8. The first-order chi connectivity index (χ1) is 7.30. The molecule has 1 N–H and O–H groups in total. The molecule has 0 rings (SSSR count). The fraction of sp³-hybridized carbons (Fsp3) is 0.818. The zero-order valence-electron chi connectivity index (χ0n) is 10.6. The highest BCUT2D eigenvalue weighted by molar-refractivity contribution is 5.82. The predicted octanol–water partition coefficient (Wildman–Crippen LogP) is 0.869. The lowest BCUT2D eigenvalue weighted by molar-refractivity contribution is -0.159. The summed E-state index contributed by atoms with van der Waals surface area (Å²) in [5.41, 5.74) is -0.538. The van der Waals surface area contributed by atoms with Crippen LogP contribution in [0.2, 0.25) is 0 Å². The van der Waals surface area contributed by atoms with Crippen molar-refractivity contribution in [3.8, 4) is 0 Å². The Morgan fingerprint density at radius 3 is 2.25 bits per heavy atom. The van der Waals surface area contributed by atoms with E-state index >= 15 is 0 Å². The first-order valence-corrected chi connectivity index (χ1v) is 5.36. The first kappa shape index (κ1) is 14.9. The molecule has 1 unspecified atom stereocenters. The summed E-state index contributed by atoms with van der Waals surface area (Å²) < 4.78 is 9.93. The van der Waals surface area contributed by atoms with Crippen LogP contribution >= 0.6 is 0 Å². The van der Waals surface area contributed by atoms with Crippen LogP contribution < -0.4 is 5.32 Å². The van der Waals surface area contributed by atoms with Crippen LogP contribution in [0.3, 0.4) is 0 Å². The number of likely N-dealkylation sites (N-methyl/N-ethyl adjacent to an activating group) is 1. The molecule has 0 saturated heterocycles. The second-order valence-electron chi connectivity index (χ2n) is 4.38. The molecule has 94 valence electrons. The Morgan fingerprint density at radius 2 is 1.88 bits per heavy atom. The van der Waals surface area contributed by atoms with Gasteiger partial charge in [0.15, 0.2) is 0 Å². The number of nitrogens with one attached hydrogen (secondary N) is 1. The van der Waals surface area contributed by atoms with E-state index in [2.05, 4.69) is 5.32 Å². The van der Waals surface area contributed by atoms with Gasteiger partial charge in [-0.1, -0.05) is 0 Å². The number of esters is 2. The monoisotopic (exact) mass is 231 g/mol. The third-order valence-corrected chi connectivity index (χ3v) is 1.71. The van der Waals surface area contributed by atoms with Crippen molar-refractivity contribution in [3.63, 3.8) is 0 Å². The van der Waals surface area contributed by atoms with E-state index in [1.165, 1.54) is 0 Å². The summed E-state index contributed by atoms with van der Waals surface area (Å²) in [7, 11) is 1.60. The highest BCUT2D eigenvalue weighted by Crippen LogP contribution is 2.09. The summed E-state index contributed by atoms with van der Waals surface area (Å²) in [6.45, 7) is 7.36. The highest BCUT2D eigenvalue weighted by atomic mass is 16.6. The molecule has 16 heavy (non-hydrogen) atoms. The summed E-state index contributed by atoms with van der Waals surface area (Å²) in [5.74, 6) is -0.851. The molecule has 0 aromatic heterocycles. The van der Waals surface area contributed by atoms with Gasteiger partial charge < -0.3 is 14.8 Å². The van der Waals surface area contributed by atoms with Crippen LogP contribution in [0.15, 0.2) is 0 Å². The lowest BCUT2D eigenvalue weighted by Gasteiger charge is -2.21. The maximum absolute atomic E-state index is 11.5. The minimum Gasteiger partial charge on any atom is -0.465 e. The van der Waals surface area contributed by atoms with Gasteiger partial charge in [-0.05, 0) is 34.7 Å². The molecule has 0 spiro atoms. The second-order valence-corrected chi connectivity index (χ2v) is 4.38. The van der Waals surface area contributed by atoms with E-state index in [4.69, 9.17) is 9.47 Å². The van der Waals surface area contributed by atoms with Crippen molar-refractivity contribution in [2.24, 2.45) is 0 Å². The van der Waals surface area contributed by atoms with Crippen LogP contribution in [-0.2, 0) is 19.1 Å². The molecule has 0 aliphatic rings. The molecule has 0 aromatic carbocycles. The van der Waals surface area contributed by atoms with Gasteiger partial charge in [0.05, 0.1) is 13.0 Å². The summed E-state index contributed by atoms with van der Waals surface area (Å²) in [6.07, 6.45) is -0.0212. The molecule has 0 aliphatic heterocycles. The van der Waals surface area contributed by atoms with Crippen molar-refractivity contribution in [3.05, 3.63) is 0 Å². The van der Waals surface area contributed by atoms with E-state index in [9.17, 15) is 9.59 Å². The summed E-state index contributed by atoms with van der Waals surface area (Å²) in [5, 5.41) is 2.73. The number of carbonyl (C=O) groups is 2. The highest BCUT2D eigenvalue weighted by Gasteiger charge is 2.24. The van der Waals surface area contributed by atoms with Crippen LogP contribution in [0.1, 0.15) is 34.1 Å². The molecule has 0 aliphatic carbocycles. The van der Waals surface area contributed by atoms with E-state index in [-0.39, 0.29) is 6.42 Å². The summed E-state index contributed by atoms with van der Waals surface area (Å²) in [4.78, 5) is 22.8. The van der Waals surface area contributed by atoms with Crippen LogP contribution in [0.4, 0.5) is 0 Å². The molecule has 5 nitrogen and oxygen atoms in total. The molecule has 0 heterocycles. The number of ether oxygens (including phenoxy) is 2. The van der Waals surface area contributed by atoms with Crippen molar-refractivity contribution < 1.29 is 19.1 Å². The van der Waals surface area contributed by atoms with Gasteiger partial charge in [0.25, 0.3) is 0 Å². The summed E-state index contributed by atoms with van der Waals surface area (Å²) in [6, 6.07) is -0.644. The van der Waals surface area contributed by atoms with Crippen LogP contribution in [0.25, 0.3) is 0 Å². The molecule has 0 fully saturated rings. The van der Waals surface area contributed by atoms with E-state index in [0.29, 0.717) is 6.61 Å². The Balaban J connectivity index is 4.22. The Bertz CT molecular complexity index is 245. The fourth-order valence-electron chi connectivity index (χ4n) is 1.10. The van der Waals surface area contributed by atoms with E-state index in [0.717, 1.165) is 0 Å². The fourth-order valence-corrected chi connectivity index (χ4v) is 1.10. The van der Waals surface area contributed by atoms with E-state index in [1.807, 2.05) is 0 Å². The van der Waals surface area contributed by atoms with Crippen molar-refractivity contribution >= 4 is 11.9 Å². The molecule has 0 amide bonds. The number of rotatable bonds is 5. The Hall–Kier alpha value is -1.10. The second kappa shape index (κ2) is 6.48. The minimum atomic E-state index is -0.644. The molecular formula is C11H21NO4. The van der Waals surface area contributed by atoms with Gasteiger partial charge in [-0.15, -0.1) is 0 Å². The standard InChI is InChI=1S/C11H21NO4/c1-6-15-10(14)8(12-5)7-9(13)16-11(2,3)4/h8,12H,6-7H2,1-5H3. The van der Waals surface area contributed by atoms with Gasteiger partial charge in [-0.25, -0.2) is 0 Å². The molecule has 0 radical (unpaired) electrons. The number of carbonyl (C=O) groups excluding carboxylic acids is 2. The van der Waals surface area contributed by atoms with Crippen LogP contribution in [0.5, 0.6) is 0 Å². The van der Waals surface area contributed by atoms with Gasteiger partial charge in [0.2, 0.25) is 0 Å². The maximum Gasteiger partial charge on any atom is 0.323 e. The first-order valence-electron chi connectivity index (χ1n) is 5.36. The lowest BCUT2D eigenvalue weighted by Crippen LogP contribution is -2.39. The minimum absolute atomic E-state index is 0.0212. The third-order valence-electron chi connectivity index (χ3n) is 1.71. The van der Waals surface area contributed by atoms with Gasteiger partial charge in [0, 0.05) is 0 Å². The lowest BCUT2D eigenvalue weighted by atomic mass is 10.1. The van der Waals surface area contributed by atoms with E-state index < -0.39 is 23.6 Å². The Labute approximate surface area is 96.5 Å². The van der Waals surface area contributed by atoms with Crippen LogP contribution in [0, 0.1) is 0 Å². The Kier molecular flexibility index (Phi) is 6.03. The third kappa shape index (κ3) is 6.40. The predicted molar refractivity (Wildman–Crippen MR) is 59.9 cm³/mol.